The maximum atomic E-state index is 11.9. The number of carbonyl (C=O) groups excluding carboxylic acids is 2. The highest BCUT2D eigenvalue weighted by Gasteiger charge is 2.30. The van der Waals surface area contributed by atoms with Gasteiger partial charge in [0.25, 0.3) is 5.91 Å². The lowest BCUT2D eigenvalue weighted by Crippen LogP contribution is -2.40. The standard InChI is InChI=1S/C15H25N5O2/c1-18(2)8-9-20-12(4-5-14(20)21)6-7-16-15(22)13-10-19(3)11-17-13/h10-12H,4-9H2,1-3H3,(H,16,22)/t12-/m0/s1. The maximum absolute atomic E-state index is 11.9. The molecule has 1 aliphatic heterocycles. The highest BCUT2D eigenvalue weighted by atomic mass is 16.2. The molecule has 1 aliphatic rings. The number of amides is 2. The number of aryl methyl sites for hydroxylation is 1. The Kier molecular flexibility index (Phi) is 5.54. The molecule has 1 saturated heterocycles. The van der Waals surface area contributed by atoms with Crippen LogP contribution < -0.4 is 5.32 Å². The van der Waals surface area contributed by atoms with Crippen LogP contribution >= 0.6 is 0 Å². The summed E-state index contributed by atoms with van der Waals surface area (Å²) in [4.78, 5) is 31.9. The normalized spacial score (nSPS) is 18.3. The molecule has 22 heavy (non-hydrogen) atoms. The van der Waals surface area contributed by atoms with Crippen LogP contribution in [0.15, 0.2) is 12.5 Å². The van der Waals surface area contributed by atoms with Crippen LogP contribution in [0.4, 0.5) is 0 Å². The van der Waals surface area contributed by atoms with E-state index >= 15 is 0 Å². The second kappa shape index (κ2) is 7.40. The summed E-state index contributed by atoms with van der Waals surface area (Å²) in [5.74, 6) is 0.0627. The molecule has 1 aromatic rings. The van der Waals surface area contributed by atoms with E-state index in [0.29, 0.717) is 18.7 Å². The third-order valence-corrected chi connectivity index (χ3v) is 3.94. The number of likely N-dealkylation sites (tertiary alicyclic amines) is 1. The third kappa shape index (κ3) is 4.30. The number of imidazole rings is 1. The van der Waals surface area contributed by atoms with Crippen LogP contribution in [0.3, 0.4) is 0 Å². The topological polar surface area (TPSA) is 70.5 Å². The second-order valence-electron chi connectivity index (χ2n) is 6.05. The molecule has 122 valence electrons. The van der Waals surface area contributed by atoms with Crippen LogP contribution in [0.25, 0.3) is 0 Å². The second-order valence-corrected chi connectivity index (χ2v) is 6.05. The SMILES string of the molecule is CN(C)CCN1C(=O)CC[C@H]1CCNC(=O)c1cn(C)cn1. The largest absolute Gasteiger partial charge is 0.351 e. The molecule has 7 nitrogen and oxygen atoms in total. The molecule has 0 unspecified atom stereocenters. The van der Waals surface area contributed by atoms with Crippen molar-refractivity contribution >= 4 is 11.8 Å². The average Bonchev–Trinajstić information content (AvgIpc) is 3.03. The third-order valence-electron chi connectivity index (χ3n) is 3.94. The van der Waals surface area contributed by atoms with Gasteiger partial charge in [0.1, 0.15) is 5.69 Å². The Morgan fingerprint density at radius 1 is 1.50 bits per heavy atom. The molecule has 2 amide bonds. The van der Waals surface area contributed by atoms with Crippen molar-refractivity contribution in [2.45, 2.75) is 25.3 Å². The van der Waals surface area contributed by atoms with Gasteiger partial charge in [-0.2, -0.15) is 0 Å². The van der Waals surface area contributed by atoms with Crippen molar-refractivity contribution in [3.63, 3.8) is 0 Å². The lowest BCUT2D eigenvalue weighted by atomic mass is 10.1. The van der Waals surface area contributed by atoms with Crippen LogP contribution in [0, 0.1) is 0 Å². The number of nitrogens with one attached hydrogen (secondary N) is 1. The van der Waals surface area contributed by atoms with Crippen molar-refractivity contribution in [3.8, 4) is 0 Å². The Morgan fingerprint density at radius 2 is 2.27 bits per heavy atom. The van der Waals surface area contributed by atoms with E-state index in [1.54, 1.807) is 17.1 Å². The lowest BCUT2D eigenvalue weighted by Gasteiger charge is -2.26. The van der Waals surface area contributed by atoms with E-state index in [1.807, 2.05) is 26.0 Å². The molecule has 2 heterocycles. The summed E-state index contributed by atoms with van der Waals surface area (Å²) >= 11 is 0. The number of rotatable bonds is 7. The van der Waals surface area contributed by atoms with Crippen molar-refractivity contribution in [3.05, 3.63) is 18.2 Å². The van der Waals surface area contributed by atoms with Gasteiger partial charge in [-0.15, -0.1) is 0 Å². The number of hydrogen-bond donors (Lipinski definition) is 1. The quantitative estimate of drug-likeness (QED) is 0.775. The van der Waals surface area contributed by atoms with Crippen molar-refractivity contribution in [1.29, 1.82) is 0 Å². The summed E-state index contributed by atoms with van der Waals surface area (Å²) < 4.78 is 1.74. The van der Waals surface area contributed by atoms with Crippen molar-refractivity contribution in [2.24, 2.45) is 7.05 Å². The van der Waals surface area contributed by atoms with Crippen LogP contribution in [0.1, 0.15) is 29.8 Å². The first-order valence-corrected chi connectivity index (χ1v) is 7.67. The molecular weight excluding hydrogens is 282 g/mol. The monoisotopic (exact) mass is 307 g/mol. The predicted molar refractivity (Wildman–Crippen MR) is 83.4 cm³/mol. The molecule has 0 saturated carbocycles. The maximum Gasteiger partial charge on any atom is 0.271 e. The van der Waals surface area contributed by atoms with Crippen LogP contribution in [0.2, 0.25) is 0 Å². The van der Waals surface area contributed by atoms with Crippen LogP contribution in [-0.4, -0.2) is 70.9 Å². The zero-order valence-electron chi connectivity index (χ0n) is 13.6. The lowest BCUT2D eigenvalue weighted by molar-refractivity contribution is -0.129. The van der Waals surface area contributed by atoms with Gasteiger partial charge in [0.15, 0.2) is 0 Å². The van der Waals surface area contributed by atoms with Crippen molar-refractivity contribution in [2.75, 3.05) is 33.7 Å². The first-order valence-electron chi connectivity index (χ1n) is 7.67. The summed E-state index contributed by atoms with van der Waals surface area (Å²) in [7, 11) is 5.84. The minimum Gasteiger partial charge on any atom is -0.351 e. The summed E-state index contributed by atoms with van der Waals surface area (Å²) in [5.41, 5.74) is 0.425. The number of carbonyl (C=O) groups is 2. The molecule has 0 bridgehead atoms. The number of aromatic nitrogens is 2. The summed E-state index contributed by atoms with van der Waals surface area (Å²) in [6.07, 6.45) is 5.58. The summed E-state index contributed by atoms with van der Waals surface area (Å²) in [6, 6.07) is 0.233. The van der Waals surface area contributed by atoms with Crippen LogP contribution in [-0.2, 0) is 11.8 Å². The zero-order chi connectivity index (χ0) is 16.1. The molecule has 0 radical (unpaired) electrons. The van der Waals surface area contributed by atoms with Gasteiger partial charge < -0.3 is 19.7 Å². The highest BCUT2D eigenvalue weighted by molar-refractivity contribution is 5.91. The van der Waals surface area contributed by atoms with Gasteiger partial charge in [0, 0.05) is 45.3 Å². The van der Waals surface area contributed by atoms with Gasteiger partial charge in [-0.25, -0.2) is 4.98 Å². The number of hydrogen-bond acceptors (Lipinski definition) is 4. The van der Waals surface area contributed by atoms with Crippen LogP contribution in [0.5, 0.6) is 0 Å². The van der Waals surface area contributed by atoms with Gasteiger partial charge in [-0.1, -0.05) is 0 Å². The molecule has 1 atom stereocenters. The fourth-order valence-corrected chi connectivity index (χ4v) is 2.68. The molecular formula is C15H25N5O2. The van der Waals surface area contributed by atoms with Gasteiger partial charge in [0.05, 0.1) is 6.33 Å². The molecule has 0 aliphatic carbocycles. The Morgan fingerprint density at radius 3 is 2.91 bits per heavy atom. The van der Waals surface area contributed by atoms with E-state index in [2.05, 4.69) is 15.2 Å². The van der Waals surface area contributed by atoms with Crippen molar-refractivity contribution in [1.82, 2.24) is 24.7 Å². The first kappa shape index (κ1) is 16.5. The Balaban J connectivity index is 1.77. The smallest absolute Gasteiger partial charge is 0.271 e. The zero-order valence-corrected chi connectivity index (χ0v) is 13.6. The first-order chi connectivity index (χ1) is 10.5. The van der Waals surface area contributed by atoms with E-state index in [0.717, 1.165) is 25.9 Å². The predicted octanol–water partition coefficient (Wildman–Crippen LogP) is 0.0926. The fraction of sp³-hybridized carbons (Fsp3) is 0.667. The van der Waals surface area contributed by atoms with E-state index in [-0.39, 0.29) is 17.9 Å². The van der Waals surface area contributed by atoms with E-state index in [4.69, 9.17) is 0 Å². The number of likely N-dealkylation sites (N-methyl/N-ethyl adjacent to an activating group) is 1. The molecule has 7 heteroatoms. The molecule has 1 aromatic heterocycles. The van der Waals surface area contributed by atoms with E-state index in [1.165, 1.54) is 0 Å². The fourth-order valence-electron chi connectivity index (χ4n) is 2.68. The minimum atomic E-state index is -0.162. The summed E-state index contributed by atoms with van der Waals surface area (Å²) in [5, 5.41) is 2.88. The minimum absolute atomic E-state index is 0.162. The Bertz CT molecular complexity index is 526. The molecule has 0 aromatic carbocycles. The van der Waals surface area contributed by atoms with Gasteiger partial charge in [0.2, 0.25) is 5.91 Å². The Labute approximate surface area is 131 Å². The summed E-state index contributed by atoms with van der Waals surface area (Å²) in [6.45, 7) is 2.18. The molecule has 1 N–H and O–H groups in total. The number of nitrogens with zero attached hydrogens (tertiary/aromatic N) is 4. The molecule has 1 fully saturated rings. The van der Waals surface area contributed by atoms with Gasteiger partial charge in [-0.05, 0) is 26.9 Å². The highest BCUT2D eigenvalue weighted by Crippen LogP contribution is 2.20. The Hall–Kier alpha value is -1.89. The van der Waals surface area contributed by atoms with Gasteiger partial charge >= 0.3 is 0 Å². The van der Waals surface area contributed by atoms with E-state index in [9.17, 15) is 9.59 Å². The average molecular weight is 307 g/mol. The van der Waals surface area contributed by atoms with Gasteiger partial charge in [-0.3, -0.25) is 9.59 Å². The van der Waals surface area contributed by atoms with Crippen molar-refractivity contribution < 1.29 is 9.59 Å². The molecule has 0 spiro atoms. The molecule has 2 rings (SSSR count). The van der Waals surface area contributed by atoms with E-state index < -0.39 is 0 Å².